The van der Waals surface area contributed by atoms with E-state index in [1.165, 1.54) is 18.4 Å². The fourth-order valence-corrected chi connectivity index (χ4v) is 2.95. The monoisotopic (exact) mass is 364 g/mol. The quantitative estimate of drug-likeness (QED) is 0.665. The zero-order valence-corrected chi connectivity index (χ0v) is 15.5. The summed E-state index contributed by atoms with van der Waals surface area (Å²) in [5.41, 5.74) is 1.87. The second-order valence-corrected chi connectivity index (χ2v) is 6.86. The number of benzene rings is 1. The average Bonchev–Trinajstić information content (AvgIpc) is 3.06. The van der Waals surface area contributed by atoms with Gasteiger partial charge in [-0.2, -0.15) is 0 Å². The number of aliphatic hydroxyl groups is 1. The van der Waals surface area contributed by atoms with Crippen molar-refractivity contribution in [3.8, 4) is 5.75 Å². The van der Waals surface area contributed by atoms with E-state index < -0.39 is 12.1 Å². The van der Waals surface area contributed by atoms with Crippen LogP contribution in [0.4, 0.5) is 0 Å². The minimum atomic E-state index is -0.591. The molecular formula is C18H24N2O4S. The van der Waals surface area contributed by atoms with Crippen molar-refractivity contribution in [2.75, 3.05) is 26.8 Å². The predicted molar refractivity (Wildman–Crippen MR) is 97.0 cm³/mol. The van der Waals surface area contributed by atoms with Gasteiger partial charge in [-0.3, -0.25) is 0 Å². The van der Waals surface area contributed by atoms with Crippen LogP contribution in [-0.4, -0.2) is 42.9 Å². The van der Waals surface area contributed by atoms with Crippen molar-refractivity contribution in [1.82, 2.24) is 10.3 Å². The van der Waals surface area contributed by atoms with E-state index in [4.69, 9.17) is 4.74 Å². The molecule has 25 heavy (non-hydrogen) atoms. The first-order valence-electron chi connectivity index (χ1n) is 8.10. The molecule has 0 spiro atoms. The Hall–Kier alpha value is -1.96. The lowest BCUT2D eigenvalue weighted by atomic mass is 10.0. The minimum absolute atomic E-state index is 0.0963. The first kappa shape index (κ1) is 19.4. The fourth-order valence-electron chi connectivity index (χ4n) is 2.29. The molecule has 0 aliphatic heterocycles. The molecule has 0 bridgehead atoms. The summed E-state index contributed by atoms with van der Waals surface area (Å²) in [7, 11) is 1.33. The van der Waals surface area contributed by atoms with Gasteiger partial charge in [-0.05, 0) is 30.5 Å². The second kappa shape index (κ2) is 9.50. The molecule has 0 aliphatic carbocycles. The molecule has 6 nitrogen and oxygen atoms in total. The van der Waals surface area contributed by atoms with E-state index in [1.54, 1.807) is 0 Å². The maximum atomic E-state index is 11.1. The van der Waals surface area contributed by atoms with Gasteiger partial charge in [0.2, 0.25) is 0 Å². The van der Waals surface area contributed by atoms with E-state index in [1.807, 2.05) is 36.6 Å². The summed E-state index contributed by atoms with van der Waals surface area (Å²) in [4.78, 5) is 15.4. The second-order valence-electron chi connectivity index (χ2n) is 5.80. The number of carbonyl (C=O) groups is 1. The topological polar surface area (TPSA) is 80.7 Å². The standard InChI is InChI=1S/C18H24N2O4S/c1-12(8-19-9-17(21)16-11-25-13(2)20-16)14-4-6-15(7-5-14)24-10-18(22)23-3/h4-7,11-12,17,19,21H,8-10H2,1-3H3. The number of hydrogen-bond donors (Lipinski definition) is 2. The van der Waals surface area contributed by atoms with E-state index in [-0.39, 0.29) is 12.5 Å². The van der Waals surface area contributed by atoms with Gasteiger partial charge in [-0.15, -0.1) is 11.3 Å². The Morgan fingerprint density at radius 3 is 2.64 bits per heavy atom. The van der Waals surface area contributed by atoms with Gasteiger partial charge in [-0.25, -0.2) is 9.78 Å². The van der Waals surface area contributed by atoms with Crippen molar-refractivity contribution in [2.45, 2.75) is 25.9 Å². The summed E-state index contributed by atoms with van der Waals surface area (Å²) >= 11 is 1.54. The highest BCUT2D eigenvalue weighted by atomic mass is 32.1. The molecule has 0 radical (unpaired) electrons. The first-order chi connectivity index (χ1) is 12.0. The van der Waals surface area contributed by atoms with Gasteiger partial charge < -0.3 is 19.9 Å². The summed E-state index contributed by atoms with van der Waals surface area (Å²) in [5.74, 6) is 0.498. The van der Waals surface area contributed by atoms with Gasteiger partial charge in [0.25, 0.3) is 0 Å². The smallest absolute Gasteiger partial charge is 0.343 e. The van der Waals surface area contributed by atoms with Gasteiger partial charge in [0, 0.05) is 18.5 Å². The Morgan fingerprint density at radius 1 is 1.32 bits per heavy atom. The number of hydrogen-bond acceptors (Lipinski definition) is 7. The van der Waals surface area contributed by atoms with Crippen molar-refractivity contribution in [1.29, 1.82) is 0 Å². The summed E-state index contributed by atoms with van der Waals surface area (Å²) in [6, 6.07) is 7.61. The van der Waals surface area contributed by atoms with E-state index in [0.717, 1.165) is 22.8 Å². The highest BCUT2D eigenvalue weighted by Gasteiger charge is 2.12. The normalized spacial score (nSPS) is 13.3. The summed E-state index contributed by atoms with van der Waals surface area (Å²) in [6.45, 7) is 5.14. The molecule has 2 atom stereocenters. The van der Waals surface area contributed by atoms with Gasteiger partial charge in [0.15, 0.2) is 6.61 Å². The SMILES string of the molecule is COC(=O)COc1ccc(C(C)CNCC(O)c2csc(C)n2)cc1. The maximum Gasteiger partial charge on any atom is 0.343 e. The lowest BCUT2D eigenvalue weighted by Crippen LogP contribution is -2.25. The average molecular weight is 364 g/mol. The van der Waals surface area contributed by atoms with E-state index in [9.17, 15) is 9.90 Å². The van der Waals surface area contributed by atoms with Gasteiger partial charge in [0.1, 0.15) is 11.9 Å². The Morgan fingerprint density at radius 2 is 2.04 bits per heavy atom. The number of nitrogens with one attached hydrogen (secondary N) is 1. The lowest BCUT2D eigenvalue weighted by molar-refractivity contribution is -0.142. The van der Waals surface area contributed by atoms with Gasteiger partial charge >= 0.3 is 5.97 Å². The number of ether oxygens (including phenoxy) is 2. The molecule has 0 aliphatic rings. The third kappa shape index (κ3) is 6.12. The molecule has 1 heterocycles. The van der Waals surface area contributed by atoms with Crippen molar-refractivity contribution in [2.24, 2.45) is 0 Å². The zero-order chi connectivity index (χ0) is 18.2. The van der Waals surface area contributed by atoms with Crippen molar-refractivity contribution in [3.05, 3.63) is 45.9 Å². The minimum Gasteiger partial charge on any atom is -0.482 e. The first-order valence-corrected chi connectivity index (χ1v) is 8.98. The zero-order valence-electron chi connectivity index (χ0n) is 14.7. The molecule has 2 aromatic rings. The molecule has 1 aromatic heterocycles. The summed E-state index contributed by atoms with van der Waals surface area (Å²) in [5, 5.41) is 16.2. The molecule has 1 aromatic carbocycles. The number of carbonyl (C=O) groups excluding carboxylic acids is 1. The number of methoxy groups -OCH3 is 1. The maximum absolute atomic E-state index is 11.1. The summed E-state index contributed by atoms with van der Waals surface area (Å²) < 4.78 is 9.86. The van der Waals surface area contributed by atoms with Crippen LogP contribution in [0.1, 0.15) is 35.2 Å². The van der Waals surface area contributed by atoms with E-state index >= 15 is 0 Å². The van der Waals surface area contributed by atoms with Crippen LogP contribution in [0.2, 0.25) is 0 Å². The Labute approximate surface area is 151 Å². The van der Waals surface area contributed by atoms with Crippen molar-refractivity contribution in [3.63, 3.8) is 0 Å². The van der Waals surface area contributed by atoms with E-state index in [0.29, 0.717) is 12.3 Å². The van der Waals surface area contributed by atoms with Crippen LogP contribution >= 0.6 is 11.3 Å². The van der Waals surface area contributed by atoms with Gasteiger partial charge in [0.05, 0.1) is 17.8 Å². The number of nitrogens with zero attached hydrogens (tertiary/aromatic N) is 1. The fraction of sp³-hybridized carbons (Fsp3) is 0.444. The van der Waals surface area contributed by atoms with Crippen LogP contribution in [0, 0.1) is 6.92 Å². The van der Waals surface area contributed by atoms with Crippen LogP contribution in [0.15, 0.2) is 29.6 Å². The number of aryl methyl sites for hydroxylation is 1. The van der Waals surface area contributed by atoms with Crippen LogP contribution in [0.5, 0.6) is 5.75 Å². The Bertz CT molecular complexity index is 672. The number of esters is 1. The third-order valence-corrected chi connectivity index (χ3v) is 4.59. The van der Waals surface area contributed by atoms with Crippen LogP contribution in [-0.2, 0) is 9.53 Å². The largest absolute Gasteiger partial charge is 0.482 e. The molecule has 0 amide bonds. The summed E-state index contributed by atoms with van der Waals surface area (Å²) in [6.07, 6.45) is -0.591. The highest BCUT2D eigenvalue weighted by molar-refractivity contribution is 7.09. The molecule has 7 heteroatoms. The predicted octanol–water partition coefficient (Wildman–Crippen LogP) is 2.43. The molecule has 0 fully saturated rings. The number of rotatable bonds is 9. The van der Waals surface area contributed by atoms with Crippen LogP contribution < -0.4 is 10.1 Å². The molecular weight excluding hydrogens is 340 g/mol. The number of aromatic nitrogens is 1. The van der Waals surface area contributed by atoms with Crippen LogP contribution in [0.25, 0.3) is 0 Å². The molecule has 0 saturated carbocycles. The lowest BCUT2D eigenvalue weighted by Gasteiger charge is -2.15. The molecule has 2 N–H and O–H groups in total. The molecule has 0 saturated heterocycles. The van der Waals surface area contributed by atoms with Crippen LogP contribution in [0.3, 0.4) is 0 Å². The molecule has 136 valence electrons. The van der Waals surface area contributed by atoms with Crippen molar-refractivity contribution >= 4 is 17.3 Å². The number of aliphatic hydroxyl groups excluding tert-OH is 1. The number of thiazole rings is 1. The highest BCUT2D eigenvalue weighted by Crippen LogP contribution is 2.19. The van der Waals surface area contributed by atoms with E-state index in [2.05, 4.69) is 22.0 Å². The molecule has 2 rings (SSSR count). The third-order valence-electron chi connectivity index (χ3n) is 3.80. The van der Waals surface area contributed by atoms with Gasteiger partial charge in [-0.1, -0.05) is 19.1 Å². The Balaban J connectivity index is 1.76. The molecule has 2 unspecified atom stereocenters. The van der Waals surface area contributed by atoms with Crippen molar-refractivity contribution < 1.29 is 19.4 Å². The Kier molecular flexibility index (Phi) is 7.36.